The fourth-order valence-corrected chi connectivity index (χ4v) is 2.03. The summed E-state index contributed by atoms with van der Waals surface area (Å²) in [6, 6.07) is 12.5. The van der Waals surface area contributed by atoms with Gasteiger partial charge in [-0.1, -0.05) is 12.1 Å². The molecule has 0 aliphatic heterocycles. The van der Waals surface area contributed by atoms with Crippen LogP contribution in [0.1, 0.15) is 11.1 Å². The first kappa shape index (κ1) is 12.4. The topological polar surface area (TPSA) is 9.23 Å². The highest BCUT2D eigenvalue weighted by molar-refractivity contribution is 14.1. The Morgan fingerprint density at radius 3 is 2.76 bits per heavy atom. The molecule has 3 heteroatoms. The Morgan fingerprint density at radius 2 is 2.00 bits per heavy atom. The van der Waals surface area contributed by atoms with Gasteiger partial charge in [0.25, 0.3) is 0 Å². The average molecular weight is 342 g/mol. The molecule has 0 aliphatic carbocycles. The lowest BCUT2D eigenvalue weighted by Gasteiger charge is -2.09. The molecule has 0 fully saturated rings. The second-order valence-electron chi connectivity index (χ2n) is 3.82. The molecule has 2 aromatic rings. The zero-order valence-electron chi connectivity index (χ0n) is 9.41. The van der Waals surface area contributed by atoms with E-state index in [2.05, 4.69) is 22.6 Å². The van der Waals surface area contributed by atoms with Crippen LogP contribution in [0.15, 0.2) is 42.5 Å². The van der Waals surface area contributed by atoms with Crippen molar-refractivity contribution in [1.82, 2.24) is 0 Å². The van der Waals surface area contributed by atoms with Gasteiger partial charge in [0.1, 0.15) is 18.2 Å². The number of halogens is 2. The Morgan fingerprint density at radius 1 is 1.18 bits per heavy atom. The summed E-state index contributed by atoms with van der Waals surface area (Å²) in [5.41, 5.74) is 1.92. The third kappa shape index (κ3) is 3.43. The van der Waals surface area contributed by atoms with Crippen molar-refractivity contribution in [2.75, 3.05) is 0 Å². The summed E-state index contributed by atoms with van der Waals surface area (Å²) in [6.45, 7) is 2.34. The number of rotatable bonds is 3. The fraction of sp³-hybridized carbons (Fsp3) is 0.143. The fourth-order valence-electron chi connectivity index (χ4n) is 1.51. The largest absolute Gasteiger partial charge is 0.489 e. The number of hydrogen-bond donors (Lipinski definition) is 0. The highest BCUT2D eigenvalue weighted by atomic mass is 127. The summed E-state index contributed by atoms with van der Waals surface area (Å²) in [7, 11) is 0. The maximum Gasteiger partial charge on any atom is 0.123 e. The SMILES string of the molecule is Cc1ccc(F)cc1COc1cccc(I)c1. The van der Waals surface area contributed by atoms with Gasteiger partial charge in [-0.05, 0) is 71.0 Å². The van der Waals surface area contributed by atoms with E-state index < -0.39 is 0 Å². The Kier molecular flexibility index (Phi) is 3.99. The van der Waals surface area contributed by atoms with Gasteiger partial charge < -0.3 is 4.74 Å². The highest BCUT2D eigenvalue weighted by Crippen LogP contribution is 2.18. The molecule has 2 aromatic carbocycles. The van der Waals surface area contributed by atoms with Gasteiger partial charge in [0, 0.05) is 3.57 Å². The molecular formula is C14H12FIO. The Hall–Kier alpha value is -1.10. The van der Waals surface area contributed by atoms with E-state index in [1.807, 2.05) is 31.2 Å². The van der Waals surface area contributed by atoms with Crippen molar-refractivity contribution in [2.24, 2.45) is 0 Å². The van der Waals surface area contributed by atoms with E-state index in [1.54, 1.807) is 6.07 Å². The third-order valence-corrected chi connectivity index (χ3v) is 3.17. The highest BCUT2D eigenvalue weighted by Gasteiger charge is 2.02. The molecular weight excluding hydrogens is 330 g/mol. The second kappa shape index (κ2) is 5.49. The van der Waals surface area contributed by atoms with E-state index in [9.17, 15) is 4.39 Å². The number of hydrogen-bond acceptors (Lipinski definition) is 1. The summed E-state index contributed by atoms with van der Waals surface area (Å²) < 4.78 is 19.8. The molecule has 0 aliphatic rings. The number of ether oxygens (including phenoxy) is 1. The van der Waals surface area contributed by atoms with Crippen molar-refractivity contribution in [3.05, 3.63) is 63.0 Å². The lowest BCUT2D eigenvalue weighted by molar-refractivity contribution is 0.304. The normalized spacial score (nSPS) is 10.3. The molecule has 88 valence electrons. The van der Waals surface area contributed by atoms with Crippen molar-refractivity contribution in [1.29, 1.82) is 0 Å². The standard InChI is InChI=1S/C14H12FIO/c1-10-5-6-12(15)7-11(10)9-17-14-4-2-3-13(16)8-14/h2-8H,9H2,1H3. The van der Waals surface area contributed by atoms with Crippen molar-refractivity contribution >= 4 is 22.6 Å². The van der Waals surface area contributed by atoms with Crippen LogP contribution < -0.4 is 4.74 Å². The summed E-state index contributed by atoms with van der Waals surface area (Å²) in [4.78, 5) is 0. The molecule has 0 spiro atoms. The van der Waals surface area contributed by atoms with Crippen molar-refractivity contribution < 1.29 is 9.13 Å². The molecule has 0 bridgehead atoms. The van der Waals surface area contributed by atoms with E-state index in [1.165, 1.54) is 12.1 Å². The monoisotopic (exact) mass is 342 g/mol. The molecule has 17 heavy (non-hydrogen) atoms. The smallest absolute Gasteiger partial charge is 0.123 e. The first-order valence-electron chi connectivity index (χ1n) is 5.28. The van der Waals surface area contributed by atoms with Gasteiger partial charge in [-0.15, -0.1) is 0 Å². The molecule has 0 N–H and O–H groups in total. The van der Waals surface area contributed by atoms with Crippen LogP contribution in [0.5, 0.6) is 5.75 Å². The minimum absolute atomic E-state index is 0.225. The summed E-state index contributed by atoms with van der Waals surface area (Å²) in [5, 5.41) is 0. The molecule has 2 rings (SSSR count). The van der Waals surface area contributed by atoms with Crippen molar-refractivity contribution in [3.8, 4) is 5.75 Å². The van der Waals surface area contributed by atoms with Crippen molar-refractivity contribution in [2.45, 2.75) is 13.5 Å². The Balaban J connectivity index is 2.09. The van der Waals surface area contributed by atoms with Crippen LogP contribution in [0.25, 0.3) is 0 Å². The molecule has 0 unspecified atom stereocenters. The summed E-state index contributed by atoms with van der Waals surface area (Å²) in [6.07, 6.45) is 0. The van der Waals surface area contributed by atoms with Crippen LogP contribution in [0.2, 0.25) is 0 Å². The van der Waals surface area contributed by atoms with Crippen LogP contribution in [-0.4, -0.2) is 0 Å². The zero-order chi connectivity index (χ0) is 12.3. The molecule has 1 nitrogen and oxygen atoms in total. The van der Waals surface area contributed by atoms with E-state index in [0.717, 1.165) is 20.4 Å². The minimum atomic E-state index is -0.225. The van der Waals surface area contributed by atoms with Gasteiger partial charge in [-0.25, -0.2) is 4.39 Å². The maximum atomic E-state index is 13.1. The van der Waals surface area contributed by atoms with Crippen LogP contribution in [0.4, 0.5) is 4.39 Å². The molecule has 0 heterocycles. The van der Waals surface area contributed by atoms with Gasteiger partial charge in [0.15, 0.2) is 0 Å². The molecule has 0 radical (unpaired) electrons. The molecule has 0 aromatic heterocycles. The molecule has 0 saturated carbocycles. The summed E-state index contributed by atoms with van der Waals surface area (Å²) >= 11 is 2.23. The van der Waals surface area contributed by atoms with Crippen LogP contribution in [0.3, 0.4) is 0 Å². The number of aryl methyl sites for hydroxylation is 1. The van der Waals surface area contributed by atoms with Crippen LogP contribution in [-0.2, 0) is 6.61 Å². The lowest BCUT2D eigenvalue weighted by Crippen LogP contribution is -1.98. The predicted molar refractivity (Wildman–Crippen MR) is 74.6 cm³/mol. The van der Waals surface area contributed by atoms with Gasteiger partial charge in [0.2, 0.25) is 0 Å². The molecule has 0 saturated heterocycles. The first-order chi connectivity index (χ1) is 8.15. The number of benzene rings is 2. The zero-order valence-corrected chi connectivity index (χ0v) is 11.6. The van der Waals surface area contributed by atoms with Gasteiger partial charge >= 0.3 is 0 Å². The average Bonchev–Trinajstić information content (AvgIpc) is 2.30. The van der Waals surface area contributed by atoms with Crippen LogP contribution in [0, 0.1) is 16.3 Å². The lowest BCUT2D eigenvalue weighted by atomic mass is 10.1. The van der Waals surface area contributed by atoms with Gasteiger partial charge in [-0.2, -0.15) is 0 Å². The molecule has 0 amide bonds. The van der Waals surface area contributed by atoms with Crippen LogP contribution >= 0.6 is 22.6 Å². The molecule has 0 atom stereocenters. The minimum Gasteiger partial charge on any atom is -0.489 e. The second-order valence-corrected chi connectivity index (χ2v) is 5.06. The van der Waals surface area contributed by atoms with Crippen molar-refractivity contribution in [3.63, 3.8) is 0 Å². The van der Waals surface area contributed by atoms with Gasteiger partial charge in [0.05, 0.1) is 0 Å². The van der Waals surface area contributed by atoms with E-state index in [4.69, 9.17) is 4.74 Å². The predicted octanol–water partition coefficient (Wildman–Crippen LogP) is 4.32. The van der Waals surface area contributed by atoms with Gasteiger partial charge in [-0.3, -0.25) is 0 Å². The third-order valence-electron chi connectivity index (χ3n) is 2.50. The first-order valence-corrected chi connectivity index (χ1v) is 6.36. The quantitative estimate of drug-likeness (QED) is 0.755. The summed E-state index contributed by atoms with van der Waals surface area (Å²) in [5.74, 6) is 0.581. The Labute approximate surface area is 114 Å². The van der Waals surface area contributed by atoms with E-state index in [0.29, 0.717) is 6.61 Å². The van der Waals surface area contributed by atoms with E-state index in [-0.39, 0.29) is 5.82 Å². The van der Waals surface area contributed by atoms with E-state index >= 15 is 0 Å². The maximum absolute atomic E-state index is 13.1. The Bertz CT molecular complexity index is 525.